The molecule has 5 heteroatoms. The van der Waals surface area contributed by atoms with Gasteiger partial charge >= 0.3 is 0 Å². The number of amides is 1. The summed E-state index contributed by atoms with van der Waals surface area (Å²) in [6.45, 7) is 1.96. The number of nitrogens with zero attached hydrogens (tertiary/aromatic N) is 1. The molecular weight excluding hydrogens is 445 g/mol. The van der Waals surface area contributed by atoms with Gasteiger partial charge in [-0.2, -0.15) is 0 Å². The predicted octanol–water partition coefficient (Wildman–Crippen LogP) is 4.59. The molecule has 1 N–H and O–H groups in total. The zero-order chi connectivity index (χ0) is 15.6. The van der Waals surface area contributed by atoms with E-state index in [0.29, 0.717) is 5.56 Å². The Kier molecular flexibility index (Phi) is 5.27. The summed E-state index contributed by atoms with van der Waals surface area (Å²) < 4.78 is 1.81. The average molecular weight is 460 g/mol. The van der Waals surface area contributed by atoms with Crippen LogP contribution in [0.3, 0.4) is 0 Å². The van der Waals surface area contributed by atoms with Crippen molar-refractivity contribution in [2.45, 2.75) is 13.0 Å². The van der Waals surface area contributed by atoms with E-state index >= 15 is 0 Å². The molecule has 0 heterocycles. The highest BCUT2D eigenvalue weighted by molar-refractivity contribution is 14.1. The molecule has 0 radical (unpaired) electrons. The highest BCUT2D eigenvalue weighted by Crippen LogP contribution is 2.26. The van der Waals surface area contributed by atoms with Gasteiger partial charge in [0, 0.05) is 15.1 Å². The van der Waals surface area contributed by atoms with Crippen molar-refractivity contribution in [2.24, 2.45) is 0 Å². The summed E-state index contributed by atoms with van der Waals surface area (Å²) in [5, 5.41) is 9.34. The van der Waals surface area contributed by atoms with Crippen molar-refractivity contribution in [1.82, 2.24) is 4.90 Å². The van der Waals surface area contributed by atoms with Gasteiger partial charge < -0.3 is 10.0 Å². The third-order valence-corrected chi connectivity index (χ3v) is 4.80. The number of carbonyl (C=O) groups excluding carboxylic acids is 1. The largest absolute Gasteiger partial charge is 0.508 e. The Morgan fingerprint density at radius 2 is 1.86 bits per heavy atom. The van der Waals surface area contributed by atoms with Gasteiger partial charge in [-0.15, -0.1) is 0 Å². The Morgan fingerprint density at radius 3 is 2.48 bits per heavy atom. The van der Waals surface area contributed by atoms with Crippen LogP contribution in [0, 0.1) is 3.57 Å². The molecule has 0 aromatic heterocycles. The van der Waals surface area contributed by atoms with Crippen LogP contribution in [0.1, 0.15) is 28.9 Å². The Bertz CT molecular complexity index is 658. The standard InChI is InChI=1S/C16H15BrINO2/c1-10(11-3-6-13(20)7-4-11)19(2)16(21)14-9-12(18)5-8-15(14)17/h3-10,20H,1-2H3. The second-order valence-corrected chi connectivity index (χ2v) is 6.91. The van der Waals surface area contributed by atoms with Crippen LogP contribution < -0.4 is 0 Å². The van der Waals surface area contributed by atoms with Crippen molar-refractivity contribution in [3.63, 3.8) is 0 Å². The minimum absolute atomic E-state index is 0.0408. The van der Waals surface area contributed by atoms with E-state index in [4.69, 9.17) is 0 Å². The van der Waals surface area contributed by atoms with E-state index in [0.717, 1.165) is 13.6 Å². The first-order valence-electron chi connectivity index (χ1n) is 6.41. The molecule has 2 aromatic carbocycles. The van der Waals surface area contributed by atoms with Crippen LogP contribution in [0.4, 0.5) is 0 Å². The van der Waals surface area contributed by atoms with Crippen LogP contribution in [0.15, 0.2) is 46.9 Å². The Labute approximate surface area is 146 Å². The van der Waals surface area contributed by atoms with Gasteiger partial charge in [-0.25, -0.2) is 0 Å². The lowest BCUT2D eigenvalue weighted by atomic mass is 10.1. The molecule has 0 aliphatic rings. The summed E-state index contributed by atoms with van der Waals surface area (Å²) in [6.07, 6.45) is 0. The van der Waals surface area contributed by atoms with Gasteiger partial charge in [-0.1, -0.05) is 12.1 Å². The van der Waals surface area contributed by atoms with Crippen molar-refractivity contribution >= 4 is 44.4 Å². The van der Waals surface area contributed by atoms with Crippen LogP contribution in [0.5, 0.6) is 5.75 Å². The van der Waals surface area contributed by atoms with Crippen LogP contribution in [-0.4, -0.2) is 23.0 Å². The number of halogens is 2. The molecule has 2 rings (SSSR count). The van der Waals surface area contributed by atoms with Crippen molar-refractivity contribution in [3.05, 3.63) is 61.6 Å². The molecule has 2 aromatic rings. The highest BCUT2D eigenvalue weighted by Gasteiger charge is 2.21. The second-order valence-electron chi connectivity index (χ2n) is 4.81. The Balaban J connectivity index is 2.26. The van der Waals surface area contributed by atoms with Gasteiger partial charge in [0.1, 0.15) is 5.75 Å². The number of rotatable bonds is 3. The number of benzene rings is 2. The van der Waals surface area contributed by atoms with Gasteiger partial charge in [0.2, 0.25) is 0 Å². The van der Waals surface area contributed by atoms with E-state index in [1.165, 1.54) is 0 Å². The summed E-state index contributed by atoms with van der Waals surface area (Å²) in [5.41, 5.74) is 1.63. The summed E-state index contributed by atoms with van der Waals surface area (Å²) in [5.74, 6) is 0.182. The Hall–Kier alpha value is -1.08. The molecule has 0 saturated heterocycles. The molecule has 0 bridgehead atoms. The smallest absolute Gasteiger partial charge is 0.255 e. The molecule has 110 valence electrons. The highest BCUT2D eigenvalue weighted by atomic mass is 127. The van der Waals surface area contributed by atoms with E-state index in [1.54, 1.807) is 24.1 Å². The molecule has 1 amide bonds. The predicted molar refractivity (Wildman–Crippen MR) is 95.5 cm³/mol. The first-order chi connectivity index (χ1) is 9.90. The maximum Gasteiger partial charge on any atom is 0.255 e. The second kappa shape index (κ2) is 6.79. The molecule has 0 saturated carbocycles. The van der Waals surface area contributed by atoms with Gasteiger partial charge in [0.25, 0.3) is 5.91 Å². The van der Waals surface area contributed by atoms with Crippen molar-refractivity contribution in [3.8, 4) is 5.75 Å². The van der Waals surface area contributed by atoms with E-state index < -0.39 is 0 Å². The average Bonchev–Trinajstić information content (AvgIpc) is 2.48. The van der Waals surface area contributed by atoms with Crippen LogP contribution in [0.2, 0.25) is 0 Å². The molecular formula is C16H15BrINO2. The zero-order valence-electron chi connectivity index (χ0n) is 11.7. The van der Waals surface area contributed by atoms with Crippen LogP contribution in [-0.2, 0) is 0 Å². The monoisotopic (exact) mass is 459 g/mol. The molecule has 1 atom stereocenters. The number of carbonyl (C=O) groups is 1. The lowest BCUT2D eigenvalue weighted by Crippen LogP contribution is -2.30. The molecule has 0 aliphatic heterocycles. The SMILES string of the molecule is CC(c1ccc(O)cc1)N(C)C(=O)c1cc(I)ccc1Br. The number of aromatic hydroxyl groups is 1. The van der Waals surface area contributed by atoms with Crippen LogP contribution in [0.25, 0.3) is 0 Å². The third kappa shape index (κ3) is 3.77. The summed E-state index contributed by atoms with van der Waals surface area (Å²) in [4.78, 5) is 14.3. The summed E-state index contributed by atoms with van der Waals surface area (Å²) >= 11 is 5.62. The lowest BCUT2D eigenvalue weighted by molar-refractivity contribution is 0.0741. The normalized spacial score (nSPS) is 12.0. The van der Waals surface area contributed by atoms with Gasteiger partial charge in [-0.3, -0.25) is 4.79 Å². The summed E-state index contributed by atoms with van der Waals surface area (Å²) in [6, 6.07) is 12.5. The first-order valence-corrected chi connectivity index (χ1v) is 8.28. The number of hydrogen-bond acceptors (Lipinski definition) is 2. The minimum Gasteiger partial charge on any atom is -0.508 e. The molecule has 0 fully saturated rings. The number of hydrogen-bond donors (Lipinski definition) is 1. The molecule has 0 aliphatic carbocycles. The fraction of sp³-hybridized carbons (Fsp3) is 0.188. The van der Waals surface area contributed by atoms with Crippen molar-refractivity contribution in [1.29, 1.82) is 0 Å². The van der Waals surface area contributed by atoms with Crippen LogP contribution >= 0.6 is 38.5 Å². The minimum atomic E-state index is -0.0807. The fourth-order valence-corrected chi connectivity index (χ4v) is 2.91. The van der Waals surface area contributed by atoms with Gasteiger partial charge in [0.05, 0.1) is 11.6 Å². The van der Waals surface area contributed by atoms with Gasteiger partial charge in [0.15, 0.2) is 0 Å². The van der Waals surface area contributed by atoms with E-state index in [1.807, 2.05) is 37.3 Å². The van der Waals surface area contributed by atoms with E-state index in [2.05, 4.69) is 38.5 Å². The molecule has 1 unspecified atom stereocenters. The van der Waals surface area contributed by atoms with E-state index in [-0.39, 0.29) is 17.7 Å². The molecule has 21 heavy (non-hydrogen) atoms. The topological polar surface area (TPSA) is 40.5 Å². The Morgan fingerprint density at radius 1 is 1.24 bits per heavy atom. The number of phenols is 1. The first kappa shape index (κ1) is 16.3. The quantitative estimate of drug-likeness (QED) is 0.682. The maximum atomic E-state index is 12.6. The van der Waals surface area contributed by atoms with Gasteiger partial charge in [-0.05, 0) is 81.3 Å². The van der Waals surface area contributed by atoms with Crippen molar-refractivity contribution in [2.75, 3.05) is 7.05 Å². The lowest BCUT2D eigenvalue weighted by Gasteiger charge is -2.26. The number of phenolic OH excluding ortho intramolecular Hbond substituents is 1. The zero-order valence-corrected chi connectivity index (χ0v) is 15.4. The maximum absolute atomic E-state index is 12.6. The van der Waals surface area contributed by atoms with E-state index in [9.17, 15) is 9.90 Å². The third-order valence-electron chi connectivity index (χ3n) is 3.44. The molecule has 3 nitrogen and oxygen atoms in total. The summed E-state index contributed by atoms with van der Waals surface area (Å²) in [7, 11) is 1.78. The van der Waals surface area contributed by atoms with Crippen molar-refractivity contribution < 1.29 is 9.90 Å². The molecule has 0 spiro atoms. The fourth-order valence-electron chi connectivity index (χ4n) is 2.00.